The van der Waals surface area contributed by atoms with Gasteiger partial charge in [-0.1, -0.05) is 11.6 Å². The molecule has 0 aliphatic carbocycles. The molecule has 19 heavy (non-hydrogen) atoms. The lowest BCUT2D eigenvalue weighted by Gasteiger charge is -2.08. The van der Waals surface area contributed by atoms with Crippen LogP contribution in [-0.2, 0) is 6.61 Å². The first-order valence-electron chi connectivity index (χ1n) is 5.89. The van der Waals surface area contributed by atoms with Crippen molar-refractivity contribution < 1.29 is 14.6 Å². The molecule has 0 spiro atoms. The van der Waals surface area contributed by atoms with Gasteiger partial charge < -0.3 is 14.6 Å². The first-order valence-corrected chi connectivity index (χ1v) is 6.26. The van der Waals surface area contributed by atoms with Gasteiger partial charge in [0.2, 0.25) is 5.88 Å². The minimum absolute atomic E-state index is 0.152. The maximum Gasteiger partial charge on any atom is 0.219 e. The first kappa shape index (κ1) is 13.6. The Morgan fingerprint density at radius 1 is 1.21 bits per heavy atom. The molecular weight excluding hydrogens is 266 g/mol. The lowest BCUT2D eigenvalue weighted by Crippen LogP contribution is -1.93. The molecule has 0 saturated heterocycles. The Bertz CT molecular complexity index is 543. The molecule has 1 N–H and O–H groups in total. The molecule has 2 aromatic rings. The van der Waals surface area contributed by atoms with Crippen molar-refractivity contribution in [2.75, 3.05) is 6.61 Å². The molecule has 4 nitrogen and oxygen atoms in total. The van der Waals surface area contributed by atoms with Crippen molar-refractivity contribution in [3.05, 3.63) is 47.1 Å². The Balaban J connectivity index is 2.12. The van der Waals surface area contributed by atoms with Gasteiger partial charge in [-0.3, -0.25) is 0 Å². The fourth-order valence-electron chi connectivity index (χ4n) is 1.53. The lowest BCUT2D eigenvalue weighted by molar-refractivity contribution is 0.281. The summed E-state index contributed by atoms with van der Waals surface area (Å²) in [5, 5.41) is 9.54. The van der Waals surface area contributed by atoms with Crippen molar-refractivity contribution in [1.82, 2.24) is 4.98 Å². The highest BCUT2D eigenvalue weighted by Gasteiger charge is 2.04. The van der Waals surface area contributed by atoms with E-state index in [0.29, 0.717) is 28.8 Å². The van der Waals surface area contributed by atoms with Crippen LogP contribution in [0.25, 0.3) is 0 Å². The van der Waals surface area contributed by atoms with E-state index in [9.17, 15) is 0 Å². The van der Waals surface area contributed by atoms with Crippen LogP contribution in [0.5, 0.6) is 17.4 Å². The Kier molecular flexibility index (Phi) is 4.60. The topological polar surface area (TPSA) is 51.6 Å². The molecule has 0 fully saturated rings. The molecule has 0 bridgehead atoms. The van der Waals surface area contributed by atoms with Crippen LogP contribution in [0, 0.1) is 0 Å². The van der Waals surface area contributed by atoms with E-state index in [4.69, 9.17) is 26.2 Å². The van der Waals surface area contributed by atoms with Gasteiger partial charge in [0, 0.05) is 17.8 Å². The van der Waals surface area contributed by atoms with Gasteiger partial charge in [-0.2, -0.15) is 0 Å². The number of aliphatic hydroxyl groups is 1. The number of aliphatic hydroxyl groups excluding tert-OH is 1. The molecule has 0 aliphatic heterocycles. The van der Waals surface area contributed by atoms with Crippen molar-refractivity contribution in [2.24, 2.45) is 0 Å². The number of pyridine rings is 1. The molecule has 0 saturated carbocycles. The number of nitrogens with zero attached hydrogens (tertiary/aromatic N) is 1. The van der Waals surface area contributed by atoms with Crippen molar-refractivity contribution in [3.63, 3.8) is 0 Å². The van der Waals surface area contributed by atoms with E-state index in [2.05, 4.69) is 4.98 Å². The lowest BCUT2D eigenvalue weighted by atomic mass is 10.3. The molecule has 100 valence electrons. The maximum atomic E-state index is 9.12. The predicted octanol–water partition coefficient (Wildman–Crippen LogP) is 3.42. The second-order valence-electron chi connectivity index (χ2n) is 3.78. The van der Waals surface area contributed by atoms with Crippen LogP contribution in [0.2, 0.25) is 5.02 Å². The van der Waals surface area contributed by atoms with Crippen LogP contribution in [0.15, 0.2) is 36.5 Å². The summed E-state index contributed by atoms with van der Waals surface area (Å²) in [4.78, 5) is 4.04. The normalized spacial score (nSPS) is 10.3. The maximum absolute atomic E-state index is 9.12. The zero-order valence-corrected chi connectivity index (χ0v) is 11.2. The summed E-state index contributed by atoms with van der Waals surface area (Å²) in [5.41, 5.74) is 0.581. The van der Waals surface area contributed by atoms with E-state index in [-0.39, 0.29) is 6.61 Å². The molecule has 1 aromatic heterocycles. The number of aromatic nitrogens is 1. The summed E-state index contributed by atoms with van der Waals surface area (Å²) in [6, 6.07) is 8.84. The summed E-state index contributed by atoms with van der Waals surface area (Å²) in [7, 11) is 0. The summed E-state index contributed by atoms with van der Waals surface area (Å²) in [6.45, 7) is 2.40. The fourth-order valence-corrected chi connectivity index (χ4v) is 1.69. The number of hydrogen-bond acceptors (Lipinski definition) is 4. The summed E-state index contributed by atoms with van der Waals surface area (Å²) < 4.78 is 10.9. The van der Waals surface area contributed by atoms with Crippen molar-refractivity contribution in [3.8, 4) is 17.4 Å². The van der Waals surface area contributed by atoms with Crippen LogP contribution >= 0.6 is 11.6 Å². The standard InChI is InChI=1S/C14H14ClNO3/c1-2-18-11-3-5-12(6-4-11)19-14-7-10(9-17)13(15)8-16-14/h3-8,17H,2,9H2,1H3. The molecular formula is C14H14ClNO3. The van der Waals surface area contributed by atoms with E-state index in [1.165, 1.54) is 6.20 Å². The highest BCUT2D eigenvalue weighted by molar-refractivity contribution is 6.31. The van der Waals surface area contributed by atoms with Gasteiger partial charge in [0.1, 0.15) is 11.5 Å². The smallest absolute Gasteiger partial charge is 0.219 e. The number of benzene rings is 1. The van der Waals surface area contributed by atoms with Gasteiger partial charge in [0.15, 0.2) is 0 Å². The molecule has 1 heterocycles. The second kappa shape index (κ2) is 6.41. The monoisotopic (exact) mass is 279 g/mol. The molecule has 2 rings (SSSR count). The van der Waals surface area contributed by atoms with Crippen molar-refractivity contribution in [2.45, 2.75) is 13.5 Å². The largest absolute Gasteiger partial charge is 0.494 e. The number of halogens is 1. The molecule has 0 radical (unpaired) electrons. The van der Waals surface area contributed by atoms with Crippen molar-refractivity contribution >= 4 is 11.6 Å². The van der Waals surface area contributed by atoms with Crippen molar-refractivity contribution in [1.29, 1.82) is 0 Å². The van der Waals surface area contributed by atoms with Crippen LogP contribution in [-0.4, -0.2) is 16.7 Å². The summed E-state index contributed by atoms with van der Waals surface area (Å²) >= 11 is 5.86. The summed E-state index contributed by atoms with van der Waals surface area (Å²) in [5.74, 6) is 1.81. The minimum atomic E-state index is -0.152. The van der Waals surface area contributed by atoms with Crippen LogP contribution in [0.3, 0.4) is 0 Å². The molecule has 0 aliphatic rings. The van der Waals surface area contributed by atoms with E-state index < -0.39 is 0 Å². The zero-order chi connectivity index (χ0) is 13.7. The fraction of sp³-hybridized carbons (Fsp3) is 0.214. The van der Waals surface area contributed by atoms with Gasteiger partial charge in [-0.25, -0.2) is 4.98 Å². The summed E-state index contributed by atoms with van der Waals surface area (Å²) in [6.07, 6.45) is 1.46. The third-order valence-corrected chi connectivity index (χ3v) is 2.78. The average Bonchev–Trinajstić information content (AvgIpc) is 2.43. The predicted molar refractivity (Wildman–Crippen MR) is 72.9 cm³/mol. The molecule has 0 atom stereocenters. The highest BCUT2D eigenvalue weighted by Crippen LogP contribution is 2.25. The third kappa shape index (κ3) is 3.59. The second-order valence-corrected chi connectivity index (χ2v) is 4.19. The first-order chi connectivity index (χ1) is 9.22. The quantitative estimate of drug-likeness (QED) is 0.911. The number of hydrogen-bond donors (Lipinski definition) is 1. The molecule has 1 aromatic carbocycles. The SMILES string of the molecule is CCOc1ccc(Oc2cc(CO)c(Cl)cn2)cc1. The van der Waals surface area contributed by atoms with Crippen LogP contribution < -0.4 is 9.47 Å². The Morgan fingerprint density at radius 3 is 2.53 bits per heavy atom. The van der Waals surface area contributed by atoms with Crippen LogP contribution in [0.4, 0.5) is 0 Å². The highest BCUT2D eigenvalue weighted by atomic mass is 35.5. The zero-order valence-electron chi connectivity index (χ0n) is 10.5. The molecule has 0 amide bonds. The van der Waals surface area contributed by atoms with E-state index in [0.717, 1.165) is 5.75 Å². The van der Waals surface area contributed by atoms with E-state index >= 15 is 0 Å². The number of ether oxygens (including phenoxy) is 2. The van der Waals surface area contributed by atoms with Gasteiger partial charge in [-0.15, -0.1) is 0 Å². The Morgan fingerprint density at radius 2 is 1.89 bits per heavy atom. The van der Waals surface area contributed by atoms with Gasteiger partial charge in [0.25, 0.3) is 0 Å². The average molecular weight is 280 g/mol. The Hall–Kier alpha value is -1.78. The van der Waals surface area contributed by atoms with E-state index in [1.807, 2.05) is 19.1 Å². The molecule has 0 unspecified atom stereocenters. The van der Waals surface area contributed by atoms with Crippen LogP contribution in [0.1, 0.15) is 12.5 Å². The third-order valence-electron chi connectivity index (χ3n) is 2.44. The van der Waals surface area contributed by atoms with Gasteiger partial charge in [-0.05, 0) is 31.2 Å². The molecule has 5 heteroatoms. The Labute approximate surface area is 116 Å². The van der Waals surface area contributed by atoms with Gasteiger partial charge >= 0.3 is 0 Å². The van der Waals surface area contributed by atoms with E-state index in [1.54, 1.807) is 18.2 Å². The number of rotatable bonds is 5. The van der Waals surface area contributed by atoms with Gasteiger partial charge in [0.05, 0.1) is 18.2 Å². The minimum Gasteiger partial charge on any atom is -0.494 e.